The van der Waals surface area contributed by atoms with Gasteiger partial charge >= 0.3 is 0 Å². The molecule has 6 rings (SSSR count). The largest absolute Gasteiger partial charge is 0.493 e. The molecule has 2 heterocycles. The molecule has 2 amide bonds. The number of rotatable bonds is 7. The molecule has 0 N–H and O–H groups in total. The van der Waals surface area contributed by atoms with Gasteiger partial charge in [-0.15, -0.1) is 0 Å². The van der Waals surface area contributed by atoms with Crippen molar-refractivity contribution in [3.05, 3.63) is 107 Å². The Kier molecular flexibility index (Phi) is 8.44. The number of likely N-dealkylation sites (N-methyl/N-ethyl adjacent to an activating group) is 1. The molecule has 218 valence electrons. The summed E-state index contributed by atoms with van der Waals surface area (Å²) in [5.41, 5.74) is 3.06. The summed E-state index contributed by atoms with van der Waals surface area (Å²) in [4.78, 5) is 34.6. The minimum absolute atomic E-state index is 0.0482. The van der Waals surface area contributed by atoms with Crippen LogP contribution in [0.25, 0.3) is 16.8 Å². The summed E-state index contributed by atoms with van der Waals surface area (Å²) in [6.07, 6.45) is 1.82. The normalized spacial score (nSPS) is 17.2. The first-order valence-corrected chi connectivity index (χ1v) is 14.8. The zero-order valence-electron chi connectivity index (χ0n) is 24.0. The number of aliphatic imine (C=N–C) groups is 1. The molecule has 4 aromatic carbocycles. The summed E-state index contributed by atoms with van der Waals surface area (Å²) in [5, 5.41) is 2.85. The van der Waals surface area contributed by atoms with Gasteiger partial charge in [-0.1, -0.05) is 54.6 Å². The molecule has 9 heteroatoms. The van der Waals surface area contributed by atoms with E-state index in [1.165, 1.54) is 22.0 Å². The summed E-state index contributed by atoms with van der Waals surface area (Å²) in [5.74, 6) is 0.996. The standard InChI is InChI=1S/C34H31N3O5S/c1-36-33(39)31(43-34(36)35-27-11-6-9-25(21-27)32(38)37-15-17-41-18-16-37)20-23-13-14-29(30(19-23)40-2)42-22-26-10-5-8-24-7-3-4-12-28(24)26/h3-14,19-21H,15-18,22H2,1-2H3/b31-20+,35-34?. The molecule has 4 aromatic rings. The van der Waals surface area contributed by atoms with Gasteiger partial charge in [-0.2, -0.15) is 0 Å². The molecule has 2 aliphatic rings. The summed E-state index contributed by atoms with van der Waals surface area (Å²) in [6.45, 7) is 2.62. The van der Waals surface area contributed by atoms with Crippen LogP contribution in [-0.2, 0) is 16.1 Å². The van der Waals surface area contributed by atoms with Crippen LogP contribution in [0.15, 0.2) is 94.8 Å². The van der Waals surface area contributed by atoms with E-state index in [0.29, 0.717) is 65.7 Å². The van der Waals surface area contributed by atoms with E-state index >= 15 is 0 Å². The van der Waals surface area contributed by atoms with E-state index < -0.39 is 0 Å². The Morgan fingerprint density at radius 3 is 2.60 bits per heavy atom. The Morgan fingerprint density at radius 2 is 1.77 bits per heavy atom. The number of hydrogen-bond donors (Lipinski definition) is 0. The van der Waals surface area contributed by atoms with Gasteiger partial charge in [0.2, 0.25) is 0 Å². The second-order valence-corrected chi connectivity index (χ2v) is 11.2. The van der Waals surface area contributed by atoms with E-state index in [9.17, 15) is 9.59 Å². The van der Waals surface area contributed by atoms with Crippen LogP contribution in [0.2, 0.25) is 0 Å². The van der Waals surface area contributed by atoms with Crippen LogP contribution in [0, 0.1) is 0 Å². The quantitative estimate of drug-likeness (QED) is 0.240. The SMILES string of the molecule is COc1cc(/C=C2/SC(=Nc3cccc(C(=O)N4CCOCC4)c3)N(C)C2=O)ccc1OCc1cccc2ccccc12. The lowest BCUT2D eigenvalue weighted by atomic mass is 10.1. The maximum Gasteiger partial charge on any atom is 0.266 e. The van der Waals surface area contributed by atoms with E-state index in [0.717, 1.165) is 16.5 Å². The highest BCUT2D eigenvalue weighted by molar-refractivity contribution is 8.18. The zero-order valence-corrected chi connectivity index (χ0v) is 24.8. The molecule has 0 atom stereocenters. The first-order chi connectivity index (χ1) is 21.0. The predicted octanol–water partition coefficient (Wildman–Crippen LogP) is 6.13. The molecule has 2 aliphatic heterocycles. The number of benzene rings is 4. The monoisotopic (exact) mass is 593 g/mol. The summed E-state index contributed by atoms with van der Waals surface area (Å²) < 4.78 is 17.1. The van der Waals surface area contributed by atoms with Gasteiger partial charge in [0.25, 0.3) is 11.8 Å². The molecule has 0 bridgehead atoms. The molecule has 2 fully saturated rings. The fraction of sp³-hybridized carbons (Fsp3) is 0.206. The lowest BCUT2D eigenvalue weighted by molar-refractivity contribution is -0.121. The average molecular weight is 594 g/mol. The maximum atomic E-state index is 13.1. The molecule has 2 saturated heterocycles. The lowest BCUT2D eigenvalue weighted by Crippen LogP contribution is -2.40. The first kappa shape index (κ1) is 28.5. The summed E-state index contributed by atoms with van der Waals surface area (Å²) in [6, 6.07) is 27.2. The molecule has 0 saturated carbocycles. The topological polar surface area (TPSA) is 80.7 Å². The number of carbonyl (C=O) groups is 2. The zero-order chi connectivity index (χ0) is 29.8. The highest BCUT2D eigenvalue weighted by Crippen LogP contribution is 2.36. The number of ether oxygens (including phenoxy) is 3. The highest BCUT2D eigenvalue weighted by Gasteiger charge is 2.30. The molecule has 0 aromatic heterocycles. The van der Waals surface area contributed by atoms with Crippen LogP contribution >= 0.6 is 11.8 Å². The minimum Gasteiger partial charge on any atom is -0.493 e. The van der Waals surface area contributed by atoms with E-state index in [2.05, 4.69) is 24.3 Å². The van der Waals surface area contributed by atoms with Gasteiger partial charge in [-0.25, -0.2) is 4.99 Å². The molecule has 43 heavy (non-hydrogen) atoms. The van der Waals surface area contributed by atoms with Crippen molar-refractivity contribution >= 4 is 51.3 Å². The number of nitrogens with zero attached hydrogens (tertiary/aromatic N) is 3. The van der Waals surface area contributed by atoms with Gasteiger partial charge < -0.3 is 19.1 Å². The molecular formula is C34H31N3O5S. The van der Waals surface area contributed by atoms with Crippen LogP contribution in [0.5, 0.6) is 11.5 Å². The number of morpholine rings is 1. The maximum absolute atomic E-state index is 13.1. The molecule has 0 radical (unpaired) electrons. The number of fused-ring (bicyclic) bond motifs is 1. The van der Waals surface area contributed by atoms with Gasteiger partial charge in [-0.05, 0) is 70.1 Å². The second kappa shape index (κ2) is 12.7. The van der Waals surface area contributed by atoms with Crippen molar-refractivity contribution in [2.75, 3.05) is 40.5 Å². The lowest BCUT2D eigenvalue weighted by Gasteiger charge is -2.26. The second-order valence-electron chi connectivity index (χ2n) is 10.2. The van der Waals surface area contributed by atoms with Crippen molar-refractivity contribution < 1.29 is 23.8 Å². The van der Waals surface area contributed by atoms with Crippen molar-refractivity contribution in [2.24, 2.45) is 4.99 Å². The number of hydrogen-bond acceptors (Lipinski definition) is 7. The molecule has 0 spiro atoms. The first-order valence-electron chi connectivity index (χ1n) is 14.0. The Balaban J connectivity index is 1.18. The van der Waals surface area contributed by atoms with Crippen LogP contribution in [-0.4, -0.2) is 67.2 Å². The Labute approximate surface area is 254 Å². The van der Waals surface area contributed by atoms with E-state index in [-0.39, 0.29) is 11.8 Å². The molecule has 0 unspecified atom stereocenters. The van der Waals surface area contributed by atoms with Gasteiger partial charge in [0, 0.05) is 25.7 Å². The third kappa shape index (κ3) is 6.28. The van der Waals surface area contributed by atoms with Gasteiger partial charge in [0.05, 0.1) is 30.9 Å². The van der Waals surface area contributed by atoms with Gasteiger partial charge in [0.1, 0.15) is 6.61 Å². The number of amidine groups is 1. The van der Waals surface area contributed by atoms with Gasteiger partial charge in [-0.3, -0.25) is 14.5 Å². The number of methoxy groups -OCH3 is 1. The third-order valence-electron chi connectivity index (χ3n) is 7.37. The van der Waals surface area contributed by atoms with Crippen LogP contribution in [0.3, 0.4) is 0 Å². The van der Waals surface area contributed by atoms with Crippen molar-refractivity contribution in [2.45, 2.75) is 6.61 Å². The van der Waals surface area contributed by atoms with Crippen molar-refractivity contribution in [1.29, 1.82) is 0 Å². The van der Waals surface area contributed by atoms with Crippen LogP contribution < -0.4 is 9.47 Å². The average Bonchev–Trinajstić information content (AvgIpc) is 3.31. The number of amides is 2. The Morgan fingerprint density at radius 1 is 0.977 bits per heavy atom. The molecular weight excluding hydrogens is 562 g/mol. The molecule has 0 aliphatic carbocycles. The summed E-state index contributed by atoms with van der Waals surface area (Å²) in [7, 11) is 3.30. The van der Waals surface area contributed by atoms with Crippen molar-refractivity contribution in [3.8, 4) is 11.5 Å². The van der Waals surface area contributed by atoms with E-state index in [1.54, 1.807) is 37.3 Å². The van der Waals surface area contributed by atoms with Crippen LogP contribution in [0.1, 0.15) is 21.5 Å². The molecule has 8 nitrogen and oxygen atoms in total. The Bertz CT molecular complexity index is 1740. The third-order valence-corrected chi connectivity index (χ3v) is 8.43. The fourth-order valence-electron chi connectivity index (χ4n) is 5.04. The number of carbonyl (C=O) groups excluding carboxylic acids is 2. The van der Waals surface area contributed by atoms with Crippen molar-refractivity contribution in [1.82, 2.24) is 9.80 Å². The fourth-order valence-corrected chi connectivity index (χ4v) is 6.02. The van der Waals surface area contributed by atoms with E-state index in [1.807, 2.05) is 48.5 Å². The summed E-state index contributed by atoms with van der Waals surface area (Å²) >= 11 is 1.29. The minimum atomic E-state index is -0.153. The van der Waals surface area contributed by atoms with Crippen LogP contribution in [0.4, 0.5) is 5.69 Å². The Hall–Kier alpha value is -4.60. The smallest absolute Gasteiger partial charge is 0.266 e. The predicted molar refractivity (Wildman–Crippen MR) is 170 cm³/mol. The van der Waals surface area contributed by atoms with Gasteiger partial charge in [0.15, 0.2) is 16.7 Å². The number of thioether (sulfide) groups is 1. The van der Waals surface area contributed by atoms with Crippen molar-refractivity contribution in [3.63, 3.8) is 0 Å². The highest BCUT2D eigenvalue weighted by atomic mass is 32.2. The van der Waals surface area contributed by atoms with E-state index in [4.69, 9.17) is 19.2 Å².